The van der Waals surface area contributed by atoms with E-state index in [1.165, 1.54) is 0 Å². The van der Waals surface area contributed by atoms with Gasteiger partial charge in [-0.2, -0.15) is 0 Å². The van der Waals surface area contributed by atoms with Gasteiger partial charge in [-0.25, -0.2) is 14.4 Å². The smallest absolute Gasteiger partial charge is 0.326 e. The summed E-state index contributed by atoms with van der Waals surface area (Å²) in [5.41, 5.74) is 11.0. The largest absolute Gasteiger partial charge is 0.480 e. The average molecular weight is 1780 g/mol. The predicted octanol–water partition coefficient (Wildman–Crippen LogP) is -13.2. The molecule has 0 radical (unpaired) electrons. The van der Waals surface area contributed by atoms with E-state index in [1.54, 1.807) is 0 Å². The number of nitrogens with one attached hydrogen (secondary N) is 11. The van der Waals surface area contributed by atoms with Crippen LogP contribution in [0.15, 0.2) is 0 Å². The molecule has 4 heterocycles. The maximum Gasteiger partial charge on any atom is 0.326 e. The molecule has 53 nitrogen and oxygen atoms in total. The minimum atomic E-state index is -2.29. The van der Waals surface area contributed by atoms with Gasteiger partial charge in [-0.3, -0.25) is 67.1 Å². The third kappa shape index (κ3) is 32.4. The van der Waals surface area contributed by atoms with E-state index in [9.17, 15) is 138 Å². The van der Waals surface area contributed by atoms with Gasteiger partial charge in [0.2, 0.25) is 65.0 Å². The maximum atomic E-state index is 14.4. The lowest BCUT2D eigenvalue weighted by molar-refractivity contribution is -0.365. The number of nitrogens with two attached hydrogens (primary N) is 2. The molecule has 4 aliphatic rings. The molecule has 0 aromatic rings. The number of carbonyl (C=O) groups excluding carboxylic acids is 11. The number of carbonyl (C=O) groups is 17. The van der Waals surface area contributed by atoms with Crippen LogP contribution in [0.25, 0.3) is 0 Å². The number of rotatable bonds is 50. The van der Waals surface area contributed by atoms with Crippen molar-refractivity contribution in [3.05, 3.63) is 0 Å². The lowest BCUT2D eigenvalue weighted by Crippen LogP contribution is -2.72. The van der Waals surface area contributed by atoms with Crippen LogP contribution in [0.3, 0.4) is 0 Å². The van der Waals surface area contributed by atoms with Gasteiger partial charge in [-0.15, -0.1) is 0 Å². The Kier molecular flexibility index (Phi) is 43.1. The van der Waals surface area contributed by atoms with E-state index in [1.807, 2.05) is 0 Å². The zero-order valence-electron chi connectivity index (χ0n) is 68.0. The molecular formula is C70H113N13O40. The van der Waals surface area contributed by atoms with Crippen molar-refractivity contribution in [1.29, 1.82) is 0 Å². The summed E-state index contributed by atoms with van der Waals surface area (Å²) in [4.78, 5) is 217. The summed E-state index contributed by atoms with van der Waals surface area (Å²) in [6, 6.07) is -20.4. The van der Waals surface area contributed by atoms with E-state index >= 15 is 0 Å². The second-order valence-electron chi connectivity index (χ2n) is 29.4. The van der Waals surface area contributed by atoms with Crippen molar-refractivity contribution in [2.75, 3.05) is 33.0 Å². The third-order valence-corrected chi connectivity index (χ3v) is 19.6. The first kappa shape index (κ1) is 106. The molecule has 123 heavy (non-hydrogen) atoms. The molecule has 11 amide bonds. The van der Waals surface area contributed by atoms with Crippen LogP contribution in [0.1, 0.15) is 120 Å². The molecule has 29 N–H and O–H groups in total. The summed E-state index contributed by atoms with van der Waals surface area (Å²) >= 11 is 0. The van der Waals surface area contributed by atoms with Crippen molar-refractivity contribution in [1.82, 2.24) is 58.5 Å². The molecule has 0 aliphatic carbocycles. The summed E-state index contributed by atoms with van der Waals surface area (Å²) in [6.45, 7) is 2.57. The molecule has 4 saturated heterocycles. The molecule has 4 aliphatic heterocycles. The lowest BCUT2D eigenvalue weighted by atomic mass is 9.92. The highest BCUT2D eigenvalue weighted by Gasteiger charge is 2.58. The Morgan fingerprint density at radius 3 is 1.10 bits per heavy atom. The van der Waals surface area contributed by atoms with E-state index in [-0.39, 0.29) is 38.5 Å². The molecule has 0 aromatic heterocycles. The second kappa shape index (κ2) is 50.2. The summed E-state index contributed by atoms with van der Waals surface area (Å²) in [5.74, 6) is -20.7. The van der Waals surface area contributed by atoms with E-state index in [0.717, 1.165) is 55.4 Å². The zero-order valence-corrected chi connectivity index (χ0v) is 68.0. The average Bonchev–Trinajstić information content (AvgIpc) is 0.764. The predicted molar refractivity (Wildman–Crippen MR) is 401 cm³/mol. The van der Waals surface area contributed by atoms with E-state index < -0.39 is 343 Å². The zero-order chi connectivity index (χ0) is 92.9. The number of carboxylic acid groups (broad SMARTS) is 6. The molecule has 30 atom stereocenters. The Bertz CT molecular complexity index is 3650. The van der Waals surface area contributed by atoms with Gasteiger partial charge in [0.25, 0.3) is 0 Å². The van der Waals surface area contributed by atoms with Crippen LogP contribution < -0.4 is 70.0 Å². The highest BCUT2D eigenvalue weighted by atomic mass is 16.8. The first-order valence-electron chi connectivity index (χ1n) is 38.7. The molecular weight excluding hydrogens is 1660 g/mol. The molecule has 0 aromatic carbocycles. The fraction of sp³-hybridized carbons (Fsp3) is 0.757. The highest BCUT2D eigenvalue weighted by Crippen LogP contribution is 2.37. The van der Waals surface area contributed by atoms with E-state index in [4.69, 9.17) is 69.4 Å². The molecule has 30 unspecified atom stereocenters. The van der Waals surface area contributed by atoms with Crippen molar-refractivity contribution in [2.45, 2.75) is 303 Å². The maximum absolute atomic E-state index is 14.4. The van der Waals surface area contributed by atoms with Crippen LogP contribution in [-0.4, -0.2) is 388 Å². The molecule has 4 rings (SSSR count). The number of hydrogen-bond donors (Lipinski definition) is 27. The summed E-state index contributed by atoms with van der Waals surface area (Å²) in [5, 5.41) is 172. The molecule has 0 bridgehead atoms. The van der Waals surface area contributed by atoms with Crippen molar-refractivity contribution >= 4 is 101 Å². The summed E-state index contributed by atoms with van der Waals surface area (Å²) in [6.07, 6.45) is -39.7. The molecule has 53 heteroatoms. The minimum Gasteiger partial charge on any atom is -0.480 e. The fourth-order valence-corrected chi connectivity index (χ4v) is 13.2. The van der Waals surface area contributed by atoms with Crippen LogP contribution in [0.2, 0.25) is 0 Å². The second-order valence-corrected chi connectivity index (χ2v) is 29.4. The number of aliphatic hydroxyl groups excluding tert-OH is 8. The van der Waals surface area contributed by atoms with Gasteiger partial charge in [0.15, 0.2) is 25.2 Å². The van der Waals surface area contributed by atoms with Crippen LogP contribution in [0.4, 0.5) is 0 Å². The van der Waals surface area contributed by atoms with E-state index in [0.29, 0.717) is 0 Å². The number of aliphatic carboxylic acids is 6. The Morgan fingerprint density at radius 2 is 0.699 bits per heavy atom. The summed E-state index contributed by atoms with van der Waals surface area (Å²) in [7, 11) is 0. The van der Waals surface area contributed by atoms with E-state index in [2.05, 4.69) is 58.5 Å². The number of hydrogen-bond acceptors (Lipinski definition) is 36. The molecule has 0 spiro atoms. The van der Waals surface area contributed by atoms with Crippen molar-refractivity contribution in [3.8, 4) is 0 Å². The number of ether oxygens (including phenoxy) is 9. The van der Waals surface area contributed by atoms with Gasteiger partial charge in [0, 0.05) is 40.5 Å². The monoisotopic (exact) mass is 1780 g/mol. The lowest BCUT2D eigenvalue weighted by Gasteiger charge is -2.52. The number of amides is 11. The standard InChI is InChI=1S/C70H113N13O40/c1-24(57(99)83-37(66(112)113)16-18-43(93)81-35(64(108)109)14-10-12-33(72)63(106)107)74-59(101)26(3)115-55-47(78-30(7)90)67(114)117-40(22-86)53(55)122-69-46(77-29(6)89)51(98)52(39(21-85)119-69)121-70-48(79-31(8)91)56(54(41(23-87)120-70)123-68-45(76-28(5)88)50(97)49(96)38(20-84)118-68)116-27(4)60(102)75-25(2)58(100)82-36(65(110)111)15-17-42(92)80-34(61(103)73-19-44(94)95)13-9-11-32(71)62(104)105/h24-27,32-41,45-56,67-70,84-87,96-98,114H,9-23,71-72H2,1-8H3,(H,73,103)(H,74,101)(H,75,102)(H,76,88)(H,77,89)(H,78,90)(H,79,91)(H,80,92)(H,81,93)(H,82,100)(H,83,99)(H,94,95)(H,104,105)(H,106,107)(H,108,109)(H,110,111)(H,112,113). The van der Waals surface area contributed by atoms with Gasteiger partial charge >= 0.3 is 35.8 Å². The van der Waals surface area contributed by atoms with Crippen molar-refractivity contribution in [3.63, 3.8) is 0 Å². The Labute approximate surface area is 700 Å². The topological polar surface area (TPSA) is 841 Å². The Balaban J connectivity index is 1.69. The first-order chi connectivity index (χ1) is 57.6. The number of carboxylic acids is 6. The Morgan fingerprint density at radius 1 is 0.358 bits per heavy atom. The fourth-order valence-electron chi connectivity index (χ4n) is 13.2. The Hall–Kier alpha value is -9.77. The SMILES string of the molecule is CC(=O)NC1C(OC2C(CO)OC(OC3C(CO)OC(OC4C(CO)OC(O)C(NC(C)=O)C4OC(C)C(=O)NC(C)C(=O)NC(CCC(=O)NC(CCCC(N)C(=O)O)C(=O)O)C(=O)O)C(NC(C)=O)C3O)C(NC(C)=O)C2OC(C)C(=O)NC(C)C(=O)NC(CCC(=O)NC(CCCC(N)C(=O)O)C(=O)NCC(=O)O)C(=O)O)OC(CO)C(O)C1O. The van der Waals surface area contributed by atoms with Crippen LogP contribution in [0, 0.1) is 0 Å². The van der Waals surface area contributed by atoms with Crippen LogP contribution in [0.5, 0.6) is 0 Å². The highest BCUT2D eigenvalue weighted by molar-refractivity contribution is 5.93. The van der Waals surface area contributed by atoms with Gasteiger partial charge in [0.1, 0.15) is 165 Å². The quantitative estimate of drug-likeness (QED) is 0.0269. The van der Waals surface area contributed by atoms with Crippen LogP contribution in [-0.2, 0) is 124 Å². The molecule has 0 saturated carbocycles. The van der Waals surface area contributed by atoms with Gasteiger partial charge in [-0.1, -0.05) is 0 Å². The van der Waals surface area contributed by atoms with Crippen molar-refractivity contribution in [2.24, 2.45) is 11.5 Å². The van der Waals surface area contributed by atoms with Gasteiger partial charge in [-0.05, 0) is 79.1 Å². The minimum absolute atomic E-state index is 0.0439. The summed E-state index contributed by atoms with van der Waals surface area (Å²) < 4.78 is 55.5. The normalized spacial score (nSPS) is 28.7. The van der Waals surface area contributed by atoms with Crippen molar-refractivity contribution < 1.29 is 196 Å². The van der Waals surface area contributed by atoms with Gasteiger partial charge < -0.3 is 184 Å². The third-order valence-electron chi connectivity index (χ3n) is 19.6. The van der Waals surface area contributed by atoms with Crippen LogP contribution >= 0.6 is 0 Å². The number of aliphatic hydroxyl groups is 8. The molecule has 698 valence electrons. The van der Waals surface area contributed by atoms with Gasteiger partial charge in [0.05, 0.1) is 26.4 Å². The first-order valence-corrected chi connectivity index (χ1v) is 38.7. The molecule has 4 fully saturated rings.